The van der Waals surface area contributed by atoms with Gasteiger partial charge in [-0.15, -0.1) is 0 Å². The number of amides is 1. The van der Waals surface area contributed by atoms with Crippen molar-refractivity contribution in [1.29, 1.82) is 0 Å². The Morgan fingerprint density at radius 2 is 2.05 bits per heavy atom. The predicted octanol–water partition coefficient (Wildman–Crippen LogP) is 3.72. The number of benzene rings is 1. The first-order valence-corrected chi connectivity index (χ1v) is 7.66. The Morgan fingerprint density at radius 1 is 1.32 bits per heavy atom. The van der Waals surface area contributed by atoms with Crippen LogP contribution in [0.25, 0.3) is 6.08 Å². The maximum absolute atomic E-state index is 11.9. The van der Waals surface area contributed by atoms with Gasteiger partial charge in [0.1, 0.15) is 0 Å². The summed E-state index contributed by atoms with van der Waals surface area (Å²) in [6.07, 6.45) is 8.55. The minimum atomic E-state index is -0.135. The van der Waals surface area contributed by atoms with Crippen LogP contribution < -0.4 is 5.32 Å². The van der Waals surface area contributed by atoms with Crippen LogP contribution >= 0.6 is 0 Å². The summed E-state index contributed by atoms with van der Waals surface area (Å²) in [6.45, 7) is 4.16. The summed E-state index contributed by atoms with van der Waals surface area (Å²) >= 11 is 0. The van der Waals surface area contributed by atoms with E-state index in [0.29, 0.717) is 0 Å². The van der Waals surface area contributed by atoms with Gasteiger partial charge in [0.2, 0.25) is 5.91 Å². The molecule has 0 saturated carbocycles. The molecule has 22 heavy (non-hydrogen) atoms. The molecule has 1 aromatic carbocycles. The molecule has 0 bridgehead atoms. The molecular weight excluding hydrogens is 274 g/mol. The van der Waals surface area contributed by atoms with Crippen molar-refractivity contribution < 1.29 is 4.79 Å². The highest BCUT2D eigenvalue weighted by Gasteiger charge is 2.02. The Morgan fingerprint density at radius 3 is 2.64 bits per heavy atom. The van der Waals surface area contributed by atoms with Crippen LogP contribution in [-0.2, 0) is 18.3 Å². The average Bonchev–Trinajstić information content (AvgIpc) is 2.84. The molecule has 0 unspecified atom stereocenters. The number of anilines is 1. The van der Waals surface area contributed by atoms with E-state index in [1.165, 1.54) is 24.5 Å². The first-order chi connectivity index (χ1) is 10.6. The van der Waals surface area contributed by atoms with Crippen molar-refractivity contribution in [3.8, 4) is 0 Å². The molecule has 1 heterocycles. The molecule has 2 aromatic rings. The van der Waals surface area contributed by atoms with Gasteiger partial charge in [0.05, 0.1) is 6.20 Å². The first-order valence-electron chi connectivity index (χ1n) is 7.66. The second kappa shape index (κ2) is 7.59. The van der Waals surface area contributed by atoms with Crippen LogP contribution in [0.1, 0.15) is 36.6 Å². The number of unbranched alkanes of at least 4 members (excludes halogenated alkanes) is 1. The Hall–Kier alpha value is -2.36. The van der Waals surface area contributed by atoms with Crippen molar-refractivity contribution in [1.82, 2.24) is 9.78 Å². The topological polar surface area (TPSA) is 46.9 Å². The molecule has 0 aliphatic rings. The molecule has 4 nitrogen and oxygen atoms in total. The van der Waals surface area contributed by atoms with E-state index < -0.39 is 0 Å². The van der Waals surface area contributed by atoms with E-state index in [-0.39, 0.29) is 5.91 Å². The zero-order chi connectivity index (χ0) is 15.9. The standard InChI is InChI=1S/C18H23N3O/c1-4-5-6-15-7-10-17(11-8-15)20-18(22)12-9-16-13-19-21(3)14(16)2/h7-13H,4-6H2,1-3H3,(H,20,22)/b12-9+. The third-order valence-electron chi connectivity index (χ3n) is 3.73. The summed E-state index contributed by atoms with van der Waals surface area (Å²) in [5.74, 6) is -0.135. The molecule has 2 rings (SSSR count). The van der Waals surface area contributed by atoms with E-state index in [0.717, 1.165) is 23.4 Å². The van der Waals surface area contributed by atoms with Crippen LogP contribution in [0, 0.1) is 6.92 Å². The van der Waals surface area contributed by atoms with Gasteiger partial charge in [-0.1, -0.05) is 25.5 Å². The summed E-state index contributed by atoms with van der Waals surface area (Å²) in [5, 5.41) is 7.01. The van der Waals surface area contributed by atoms with Gasteiger partial charge in [-0.2, -0.15) is 5.10 Å². The van der Waals surface area contributed by atoms with E-state index >= 15 is 0 Å². The number of carbonyl (C=O) groups is 1. The molecular formula is C18H23N3O. The Kier molecular flexibility index (Phi) is 5.53. The molecule has 116 valence electrons. The number of nitrogens with one attached hydrogen (secondary N) is 1. The lowest BCUT2D eigenvalue weighted by Gasteiger charge is -2.04. The Bertz CT molecular complexity index is 653. The van der Waals surface area contributed by atoms with Gasteiger partial charge in [0.15, 0.2) is 0 Å². The Balaban J connectivity index is 1.93. The molecule has 0 saturated heterocycles. The van der Waals surface area contributed by atoms with Crippen LogP contribution in [0.4, 0.5) is 5.69 Å². The summed E-state index contributed by atoms with van der Waals surface area (Å²) < 4.78 is 1.78. The van der Waals surface area contributed by atoms with Gasteiger partial charge in [-0.25, -0.2) is 0 Å². The normalized spacial score (nSPS) is 11.0. The SMILES string of the molecule is CCCCc1ccc(NC(=O)/C=C/c2cnn(C)c2C)cc1. The Labute approximate surface area is 131 Å². The molecule has 4 heteroatoms. The zero-order valence-electron chi connectivity index (χ0n) is 13.5. The van der Waals surface area contributed by atoms with Gasteiger partial charge in [-0.05, 0) is 43.5 Å². The fourth-order valence-electron chi connectivity index (χ4n) is 2.16. The average molecular weight is 297 g/mol. The molecule has 0 fully saturated rings. The fraction of sp³-hybridized carbons (Fsp3) is 0.333. The van der Waals surface area contributed by atoms with E-state index in [1.807, 2.05) is 26.1 Å². The van der Waals surface area contributed by atoms with Gasteiger partial charge in [-0.3, -0.25) is 9.48 Å². The number of hydrogen-bond donors (Lipinski definition) is 1. The van der Waals surface area contributed by atoms with Crippen LogP contribution in [0.5, 0.6) is 0 Å². The highest BCUT2D eigenvalue weighted by molar-refractivity contribution is 6.01. The number of rotatable bonds is 6. The van der Waals surface area contributed by atoms with Crippen molar-refractivity contribution in [3.05, 3.63) is 53.4 Å². The van der Waals surface area contributed by atoms with E-state index in [1.54, 1.807) is 17.0 Å². The highest BCUT2D eigenvalue weighted by atomic mass is 16.1. The number of aromatic nitrogens is 2. The van der Waals surface area contributed by atoms with Crippen LogP contribution in [0.2, 0.25) is 0 Å². The zero-order valence-corrected chi connectivity index (χ0v) is 13.5. The number of nitrogens with zero attached hydrogens (tertiary/aromatic N) is 2. The van der Waals surface area contributed by atoms with Crippen molar-refractivity contribution in [2.75, 3.05) is 5.32 Å². The van der Waals surface area contributed by atoms with Crippen molar-refractivity contribution in [3.63, 3.8) is 0 Å². The van der Waals surface area contributed by atoms with Crippen LogP contribution in [0.3, 0.4) is 0 Å². The minimum Gasteiger partial charge on any atom is -0.323 e. The quantitative estimate of drug-likeness (QED) is 0.826. The molecule has 0 radical (unpaired) electrons. The molecule has 1 aromatic heterocycles. The lowest BCUT2D eigenvalue weighted by atomic mass is 10.1. The summed E-state index contributed by atoms with van der Waals surface area (Å²) in [7, 11) is 1.88. The van der Waals surface area contributed by atoms with Crippen molar-refractivity contribution in [2.45, 2.75) is 33.1 Å². The molecule has 0 aliphatic carbocycles. The van der Waals surface area contributed by atoms with Crippen LogP contribution in [0.15, 0.2) is 36.5 Å². The minimum absolute atomic E-state index is 0.135. The number of hydrogen-bond acceptors (Lipinski definition) is 2. The number of carbonyl (C=O) groups excluding carboxylic acids is 1. The summed E-state index contributed by atoms with van der Waals surface area (Å²) in [5.41, 5.74) is 4.11. The molecule has 0 aliphatic heterocycles. The molecule has 1 N–H and O–H groups in total. The molecule has 0 spiro atoms. The molecule has 0 atom stereocenters. The predicted molar refractivity (Wildman–Crippen MR) is 90.7 cm³/mol. The van der Waals surface area contributed by atoms with E-state index in [9.17, 15) is 4.79 Å². The third-order valence-corrected chi connectivity index (χ3v) is 3.73. The summed E-state index contributed by atoms with van der Waals surface area (Å²) in [6, 6.07) is 8.04. The smallest absolute Gasteiger partial charge is 0.248 e. The van der Waals surface area contributed by atoms with Gasteiger partial charge < -0.3 is 5.32 Å². The summed E-state index contributed by atoms with van der Waals surface area (Å²) in [4.78, 5) is 11.9. The second-order valence-electron chi connectivity index (χ2n) is 5.43. The largest absolute Gasteiger partial charge is 0.323 e. The molecule has 1 amide bonds. The van der Waals surface area contributed by atoms with E-state index in [4.69, 9.17) is 0 Å². The second-order valence-corrected chi connectivity index (χ2v) is 5.43. The maximum Gasteiger partial charge on any atom is 0.248 e. The van der Waals surface area contributed by atoms with Gasteiger partial charge >= 0.3 is 0 Å². The van der Waals surface area contributed by atoms with Crippen molar-refractivity contribution in [2.24, 2.45) is 7.05 Å². The third kappa shape index (κ3) is 4.32. The fourth-order valence-corrected chi connectivity index (χ4v) is 2.16. The highest BCUT2D eigenvalue weighted by Crippen LogP contribution is 2.12. The van der Waals surface area contributed by atoms with E-state index in [2.05, 4.69) is 29.5 Å². The van der Waals surface area contributed by atoms with Crippen LogP contribution in [-0.4, -0.2) is 15.7 Å². The maximum atomic E-state index is 11.9. The first kappa shape index (κ1) is 16.0. The lowest BCUT2D eigenvalue weighted by Crippen LogP contribution is -2.07. The lowest BCUT2D eigenvalue weighted by molar-refractivity contribution is -0.111. The monoisotopic (exact) mass is 297 g/mol. The van der Waals surface area contributed by atoms with Gasteiger partial charge in [0.25, 0.3) is 0 Å². The van der Waals surface area contributed by atoms with Gasteiger partial charge in [0, 0.05) is 30.1 Å². The number of aryl methyl sites for hydroxylation is 2. The van der Waals surface area contributed by atoms with Crippen molar-refractivity contribution >= 4 is 17.7 Å².